The van der Waals surface area contributed by atoms with Crippen molar-refractivity contribution in [3.05, 3.63) is 78.9 Å². The van der Waals surface area contributed by atoms with Gasteiger partial charge in [-0.15, -0.1) is 0 Å². The molecule has 0 saturated heterocycles. The average Bonchev–Trinajstić information content (AvgIpc) is 2.73. The van der Waals surface area contributed by atoms with Crippen LogP contribution in [0.25, 0.3) is 11.1 Å². The van der Waals surface area contributed by atoms with Crippen LogP contribution < -0.4 is 14.4 Å². The van der Waals surface area contributed by atoms with E-state index in [9.17, 15) is 13.2 Å². The van der Waals surface area contributed by atoms with Crippen LogP contribution >= 0.6 is 0 Å². The fourth-order valence-electron chi connectivity index (χ4n) is 3.14. The first-order chi connectivity index (χ1) is 14.7. The highest BCUT2D eigenvalue weighted by atomic mass is 32.2. The van der Waals surface area contributed by atoms with E-state index >= 15 is 0 Å². The second kappa shape index (κ2) is 9.66. The lowest BCUT2D eigenvalue weighted by Crippen LogP contribution is -2.37. The zero-order chi connectivity index (χ0) is 22.4. The van der Waals surface area contributed by atoms with E-state index in [2.05, 4.69) is 5.32 Å². The summed E-state index contributed by atoms with van der Waals surface area (Å²) in [4.78, 5) is 12.8. The van der Waals surface area contributed by atoms with Gasteiger partial charge in [0, 0.05) is 11.3 Å². The van der Waals surface area contributed by atoms with Crippen molar-refractivity contribution < 1.29 is 17.9 Å². The van der Waals surface area contributed by atoms with Gasteiger partial charge in [0.2, 0.25) is 15.9 Å². The van der Waals surface area contributed by atoms with Gasteiger partial charge in [0.1, 0.15) is 12.3 Å². The van der Waals surface area contributed by atoms with E-state index in [0.29, 0.717) is 17.1 Å². The van der Waals surface area contributed by atoms with Gasteiger partial charge >= 0.3 is 0 Å². The van der Waals surface area contributed by atoms with E-state index in [0.717, 1.165) is 21.7 Å². The number of benzene rings is 3. The van der Waals surface area contributed by atoms with Gasteiger partial charge in [-0.25, -0.2) is 8.42 Å². The Hall–Kier alpha value is -3.32. The molecule has 0 fully saturated rings. The van der Waals surface area contributed by atoms with Crippen molar-refractivity contribution in [1.29, 1.82) is 0 Å². The maximum atomic E-state index is 12.8. The SMILES string of the molecule is CC(C)Oc1ccc(N(CC(=O)Nc2ccccc2-c2ccccc2)S(C)(=O)=O)cc1. The highest BCUT2D eigenvalue weighted by molar-refractivity contribution is 7.92. The molecule has 0 aliphatic rings. The Morgan fingerprint density at radius 3 is 2.16 bits per heavy atom. The lowest BCUT2D eigenvalue weighted by molar-refractivity contribution is -0.114. The smallest absolute Gasteiger partial charge is 0.245 e. The lowest BCUT2D eigenvalue weighted by Gasteiger charge is -2.22. The molecule has 6 nitrogen and oxygen atoms in total. The monoisotopic (exact) mass is 438 g/mol. The number of ether oxygens (including phenoxy) is 1. The molecule has 3 aromatic carbocycles. The largest absolute Gasteiger partial charge is 0.491 e. The number of carbonyl (C=O) groups is 1. The van der Waals surface area contributed by atoms with Crippen LogP contribution in [0.15, 0.2) is 78.9 Å². The van der Waals surface area contributed by atoms with Gasteiger partial charge in [-0.1, -0.05) is 48.5 Å². The molecule has 0 radical (unpaired) electrons. The molecule has 7 heteroatoms. The summed E-state index contributed by atoms with van der Waals surface area (Å²) in [6, 6.07) is 23.7. The first-order valence-corrected chi connectivity index (χ1v) is 11.8. The van der Waals surface area contributed by atoms with E-state index in [1.165, 1.54) is 0 Å². The molecule has 0 atom stereocenters. The molecular formula is C24H26N2O4S. The van der Waals surface area contributed by atoms with Crippen LogP contribution in [-0.2, 0) is 14.8 Å². The summed E-state index contributed by atoms with van der Waals surface area (Å²) in [5.74, 6) is 0.199. The van der Waals surface area contributed by atoms with E-state index in [1.807, 2.05) is 62.4 Å². The van der Waals surface area contributed by atoms with Gasteiger partial charge in [0.05, 0.1) is 18.0 Å². The average molecular weight is 439 g/mol. The zero-order valence-corrected chi connectivity index (χ0v) is 18.6. The number of anilines is 2. The summed E-state index contributed by atoms with van der Waals surface area (Å²) in [7, 11) is -3.67. The van der Waals surface area contributed by atoms with Gasteiger partial charge in [0.25, 0.3) is 0 Å². The summed E-state index contributed by atoms with van der Waals surface area (Å²) < 4.78 is 31.4. The molecule has 0 heterocycles. The van der Waals surface area contributed by atoms with Crippen molar-refractivity contribution in [2.75, 3.05) is 22.4 Å². The third-order valence-corrected chi connectivity index (χ3v) is 5.61. The maximum Gasteiger partial charge on any atom is 0.245 e. The molecule has 3 aromatic rings. The molecule has 31 heavy (non-hydrogen) atoms. The third kappa shape index (κ3) is 6.08. The minimum absolute atomic E-state index is 0.00678. The van der Waals surface area contributed by atoms with Crippen LogP contribution in [0.5, 0.6) is 5.75 Å². The van der Waals surface area contributed by atoms with Crippen molar-refractivity contribution in [2.24, 2.45) is 0 Å². The number of nitrogens with zero attached hydrogens (tertiary/aromatic N) is 1. The summed E-state index contributed by atoms with van der Waals surface area (Å²) in [5, 5.41) is 2.85. The van der Waals surface area contributed by atoms with Crippen molar-refractivity contribution >= 4 is 27.3 Å². The van der Waals surface area contributed by atoms with Crippen LogP contribution in [0, 0.1) is 0 Å². The summed E-state index contributed by atoms with van der Waals surface area (Å²) in [6.45, 7) is 3.48. The minimum Gasteiger partial charge on any atom is -0.491 e. The maximum absolute atomic E-state index is 12.8. The Labute approximate surface area is 183 Å². The first-order valence-electron chi connectivity index (χ1n) is 9.93. The van der Waals surface area contributed by atoms with E-state index in [1.54, 1.807) is 30.3 Å². The minimum atomic E-state index is -3.67. The Morgan fingerprint density at radius 1 is 0.935 bits per heavy atom. The Kier molecular flexibility index (Phi) is 6.97. The van der Waals surface area contributed by atoms with Gasteiger partial charge in [-0.3, -0.25) is 9.10 Å². The molecular weight excluding hydrogens is 412 g/mol. The molecule has 1 N–H and O–H groups in total. The van der Waals surface area contributed by atoms with Crippen LogP contribution in [0.4, 0.5) is 11.4 Å². The van der Waals surface area contributed by atoms with Crippen molar-refractivity contribution in [2.45, 2.75) is 20.0 Å². The Bertz CT molecular complexity index is 1130. The molecule has 1 amide bonds. The summed E-state index contributed by atoms with van der Waals surface area (Å²) in [5.41, 5.74) is 2.83. The second-order valence-electron chi connectivity index (χ2n) is 7.39. The van der Waals surface area contributed by atoms with Gasteiger partial charge in [0.15, 0.2) is 0 Å². The van der Waals surface area contributed by atoms with Crippen LogP contribution in [0.3, 0.4) is 0 Å². The fourth-order valence-corrected chi connectivity index (χ4v) is 4.00. The van der Waals surface area contributed by atoms with Gasteiger partial charge in [-0.2, -0.15) is 0 Å². The molecule has 0 unspecified atom stereocenters. The van der Waals surface area contributed by atoms with Gasteiger partial charge in [-0.05, 0) is 49.7 Å². The van der Waals surface area contributed by atoms with Crippen LogP contribution in [-0.4, -0.2) is 33.2 Å². The van der Waals surface area contributed by atoms with Crippen molar-refractivity contribution in [3.63, 3.8) is 0 Å². The predicted octanol–water partition coefficient (Wildman–Crippen LogP) is 4.55. The molecule has 3 rings (SSSR count). The fraction of sp³-hybridized carbons (Fsp3) is 0.208. The molecule has 0 saturated carbocycles. The number of sulfonamides is 1. The Morgan fingerprint density at radius 2 is 1.55 bits per heavy atom. The first kappa shape index (κ1) is 22.4. The normalized spacial score (nSPS) is 11.2. The number of hydrogen-bond acceptors (Lipinski definition) is 4. The van der Waals surface area contributed by atoms with E-state index < -0.39 is 15.9 Å². The lowest BCUT2D eigenvalue weighted by atomic mass is 10.0. The van der Waals surface area contributed by atoms with E-state index in [4.69, 9.17) is 4.74 Å². The quantitative estimate of drug-likeness (QED) is 0.560. The molecule has 162 valence electrons. The standard InChI is InChI=1S/C24H26N2O4S/c1-18(2)30-21-15-13-20(14-16-21)26(31(3,28)29)17-24(27)25-23-12-8-7-11-22(23)19-9-5-4-6-10-19/h4-16,18H,17H2,1-3H3,(H,25,27). The summed E-state index contributed by atoms with van der Waals surface area (Å²) >= 11 is 0. The Balaban J connectivity index is 1.80. The van der Waals surface area contributed by atoms with E-state index in [-0.39, 0.29) is 12.6 Å². The molecule has 0 bridgehead atoms. The molecule has 0 aliphatic heterocycles. The number of carbonyl (C=O) groups excluding carboxylic acids is 1. The number of para-hydroxylation sites is 1. The highest BCUT2D eigenvalue weighted by Crippen LogP contribution is 2.28. The molecule has 0 aliphatic carbocycles. The second-order valence-corrected chi connectivity index (χ2v) is 9.30. The number of rotatable bonds is 8. The topological polar surface area (TPSA) is 75.7 Å². The number of amides is 1. The molecule has 0 spiro atoms. The summed E-state index contributed by atoms with van der Waals surface area (Å²) in [6.07, 6.45) is 1.09. The number of hydrogen-bond donors (Lipinski definition) is 1. The van der Waals surface area contributed by atoms with Crippen LogP contribution in [0.1, 0.15) is 13.8 Å². The zero-order valence-electron chi connectivity index (χ0n) is 17.8. The third-order valence-electron chi connectivity index (χ3n) is 4.47. The van der Waals surface area contributed by atoms with Crippen LogP contribution in [0.2, 0.25) is 0 Å². The molecule has 0 aromatic heterocycles. The van der Waals surface area contributed by atoms with Crippen molar-refractivity contribution in [3.8, 4) is 16.9 Å². The van der Waals surface area contributed by atoms with Crippen molar-refractivity contribution in [1.82, 2.24) is 0 Å². The number of nitrogens with one attached hydrogen (secondary N) is 1. The predicted molar refractivity (Wildman–Crippen MR) is 125 cm³/mol. The highest BCUT2D eigenvalue weighted by Gasteiger charge is 2.21. The van der Waals surface area contributed by atoms with Gasteiger partial charge < -0.3 is 10.1 Å².